The molecule has 5 atom stereocenters. The van der Waals surface area contributed by atoms with Crippen LogP contribution in [0, 0.1) is 0 Å². The maximum absolute atomic E-state index is 14.1. The number of aliphatic imine (C=N–C) groups is 1. The number of hydrogen-bond donors (Lipinski definition) is 10. The molecule has 0 fully saturated rings. The Morgan fingerprint density at radius 3 is 2.26 bits per heavy atom. The van der Waals surface area contributed by atoms with Crippen molar-refractivity contribution >= 4 is 81.4 Å². The molecule has 328 valence electrons. The van der Waals surface area contributed by atoms with Crippen molar-refractivity contribution in [1.29, 1.82) is 0 Å². The van der Waals surface area contributed by atoms with Crippen LogP contribution in [0.3, 0.4) is 0 Å². The van der Waals surface area contributed by atoms with Gasteiger partial charge in [-0.3, -0.25) is 43.3 Å². The summed E-state index contributed by atoms with van der Waals surface area (Å²) in [5.74, 6) is -5.95. The first kappa shape index (κ1) is 47.0. The Bertz CT molecular complexity index is 2160. The van der Waals surface area contributed by atoms with Crippen LogP contribution in [0.1, 0.15) is 68.8 Å². The number of carbonyl (C=O) groups excluding carboxylic acids is 8. The molecular formula is C40H53ClN12O8. The zero-order chi connectivity index (χ0) is 44.8. The van der Waals surface area contributed by atoms with Crippen LogP contribution >= 0.6 is 11.6 Å². The topological polar surface area (TPSA) is 318 Å². The molecule has 2 heterocycles. The Balaban J connectivity index is 1.54. The number of amides is 8. The fourth-order valence-electron chi connectivity index (χ4n) is 6.68. The molecule has 61 heavy (non-hydrogen) atoms. The molecule has 13 N–H and O–H groups in total. The molecule has 1 aromatic heterocycles. The van der Waals surface area contributed by atoms with E-state index >= 15 is 0 Å². The van der Waals surface area contributed by atoms with Gasteiger partial charge in [-0.2, -0.15) is 0 Å². The maximum Gasteiger partial charge on any atom is 0.257 e. The molecule has 1 aliphatic rings. The van der Waals surface area contributed by atoms with E-state index in [-0.39, 0.29) is 48.0 Å². The quantitative estimate of drug-likeness (QED) is 0.0377. The van der Waals surface area contributed by atoms with E-state index < -0.39 is 90.6 Å². The van der Waals surface area contributed by atoms with Gasteiger partial charge in [0.25, 0.3) is 5.91 Å². The molecule has 1 aliphatic heterocycles. The molecule has 4 rings (SSSR count). The van der Waals surface area contributed by atoms with Crippen LogP contribution in [-0.4, -0.2) is 113 Å². The number of para-hydroxylation sites is 1. The van der Waals surface area contributed by atoms with E-state index in [0.29, 0.717) is 18.4 Å². The lowest BCUT2D eigenvalue weighted by molar-refractivity contribution is -0.132. The minimum Gasteiger partial charge on any atom is -0.370 e. The second-order valence-corrected chi connectivity index (χ2v) is 15.0. The number of aromatic amines is 1. The van der Waals surface area contributed by atoms with Crippen LogP contribution < -0.4 is 49.1 Å². The van der Waals surface area contributed by atoms with E-state index in [1.165, 1.54) is 32.0 Å². The molecule has 0 aliphatic carbocycles. The van der Waals surface area contributed by atoms with Crippen molar-refractivity contribution in [3.05, 3.63) is 64.8 Å². The Morgan fingerprint density at radius 2 is 1.57 bits per heavy atom. The van der Waals surface area contributed by atoms with Crippen molar-refractivity contribution in [1.82, 2.24) is 36.5 Å². The number of primary amides is 1. The Kier molecular flexibility index (Phi) is 17.0. The molecule has 0 bridgehead atoms. The van der Waals surface area contributed by atoms with Gasteiger partial charge in [-0.1, -0.05) is 49.6 Å². The third-order valence-corrected chi connectivity index (χ3v) is 10.1. The van der Waals surface area contributed by atoms with Gasteiger partial charge in [0.05, 0.1) is 11.3 Å². The predicted molar refractivity (Wildman–Crippen MR) is 228 cm³/mol. The van der Waals surface area contributed by atoms with Gasteiger partial charge in [-0.15, -0.1) is 0 Å². The predicted octanol–water partition coefficient (Wildman–Crippen LogP) is -0.349. The van der Waals surface area contributed by atoms with E-state index in [4.69, 9.17) is 28.8 Å². The number of fused-ring (bicyclic) bond motifs is 2. The van der Waals surface area contributed by atoms with Crippen molar-refractivity contribution < 1.29 is 38.4 Å². The number of nitrogens with one attached hydrogen (secondary N) is 7. The minimum absolute atomic E-state index is 0.00999. The van der Waals surface area contributed by atoms with Crippen molar-refractivity contribution in [2.75, 3.05) is 25.0 Å². The molecule has 0 radical (unpaired) electrons. The van der Waals surface area contributed by atoms with Crippen LogP contribution in [0.15, 0.2) is 53.7 Å². The van der Waals surface area contributed by atoms with Crippen LogP contribution in [-0.2, 0) is 40.0 Å². The number of nitrogens with zero attached hydrogens (tertiary/aromatic N) is 2. The molecule has 3 aromatic rings. The Hall–Kier alpha value is -6.70. The molecular weight excluding hydrogens is 812 g/mol. The number of H-pyrrole nitrogens is 1. The first-order valence-electron chi connectivity index (χ1n) is 19.7. The van der Waals surface area contributed by atoms with Gasteiger partial charge >= 0.3 is 0 Å². The van der Waals surface area contributed by atoms with Crippen LogP contribution in [0.4, 0.5) is 5.69 Å². The number of aromatic nitrogens is 1. The smallest absolute Gasteiger partial charge is 0.257 e. The monoisotopic (exact) mass is 864 g/mol. The number of nitrogens with two attached hydrogens (primary N) is 3. The lowest BCUT2D eigenvalue weighted by Gasteiger charge is -2.30. The molecule has 8 amide bonds. The van der Waals surface area contributed by atoms with E-state index in [1.54, 1.807) is 6.20 Å². The molecule has 1 unspecified atom stereocenters. The van der Waals surface area contributed by atoms with Crippen LogP contribution in [0.25, 0.3) is 10.9 Å². The van der Waals surface area contributed by atoms with Gasteiger partial charge < -0.3 is 59.0 Å². The number of anilines is 1. The highest BCUT2D eigenvalue weighted by Crippen LogP contribution is 2.27. The Labute approximate surface area is 356 Å². The summed E-state index contributed by atoms with van der Waals surface area (Å²) in [6.07, 6.45) is 3.67. The van der Waals surface area contributed by atoms with Gasteiger partial charge in [-0.25, -0.2) is 0 Å². The van der Waals surface area contributed by atoms with Crippen molar-refractivity contribution in [3.63, 3.8) is 0 Å². The zero-order valence-electron chi connectivity index (χ0n) is 34.1. The van der Waals surface area contributed by atoms with Gasteiger partial charge in [-0.05, 0) is 56.0 Å². The second-order valence-electron chi connectivity index (χ2n) is 14.6. The number of carbonyl (C=O) groups is 8. The normalized spacial score (nSPS) is 15.5. The largest absolute Gasteiger partial charge is 0.370 e. The third-order valence-electron chi connectivity index (χ3n) is 9.84. The highest BCUT2D eigenvalue weighted by Gasteiger charge is 2.38. The summed E-state index contributed by atoms with van der Waals surface area (Å²) in [5, 5.41) is 16.6. The zero-order valence-corrected chi connectivity index (χ0v) is 34.9. The van der Waals surface area contributed by atoms with Gasteiger partial charge in [0.2, 0.25) is 41.4 Å². The summed E-state index contributed by atoms with van der Waals surface area (Å²) >= 11 is 6.17. The molecule has 21 heteroatoms. The van der Waals surface area contributed by atoms with E-state index in [2.05, 4.69) is 41.9 Å². The maximum atomic E-state index is 14.1. The number of guanidine groups is 1. The number of unbranched alkanes of at least 4 members (excludes halogenated alkanes) is 1. The van der Waals surface area contributed by atoms with Gasteiger partial charge in [0, 0.05) is 48.6 Å². The highest BCUT2D eigenvalue weighted by atomic mass is 35.5. The average molecular weight is 865 g/mol. The standard InChI is InChI=1S/C40H53ClN12O8/c1-4-5-10-28(49-22(3)54)36(58)48-21(2)35(57)47-19-32-38(60)51-30-17-24(41)13-14-26(30)39(61)53(32)20-33(55)50-29(12-8-15-45-40(43)44)37(59)52-31(34(42)56)16-23-18-46-27-11-7-6-9-25(23)27/h6-7,9,11,13-14,17-18,21,28-29,31-32,46H,4-5,8,10,12,15-16,19-20H2,1-3H3,(H2,42,56)(H,47,57)(H,48,58)(H,49,54)(H,50,55)(H,51,60)(H,52,59)(H4,43,44,45)/t21-,28-,29-,31-,32?/m0/s1. The van der Waals surface area contributed by atoms with E-state index in [0.717, 1.165) is 22.2 Å². The Morgan fingerprint density at radius 1 is 0.885 bits per heavy atom. The third kappa shape index (κ3) is 13.4. The van der Waals surface area contributed by atoms with E-state index in [9.17, 15) is 38.4 Å². The summed E-state index contributed by atoms with van der Waals surface area (Å²) in [6.45, 7) is 3.41. The van der Waals surface area contributed by atoms with Gasteiger partial charge in [0.1, 0.15) is 36.8 Å². The van der Waals surface area contributed by atoms with Crippen molar-refractivity contribution in [2.24, 2.45) is 22.2 Å². The fourth-order valence-corrected chi connectivity index (χ4v) is 6.85. The first-order chi connectivity index (χ1) is 29.0. The molecule has 20 nitrogen and oxygen atoms in total. The van der Waals surface area contributed by atoms with E-state index in [1.807, 2.05) is 31.2 Å². The lowest BCUT2D eigenvalue weighted by Crippen LogP contribution is -2.58. The second kappa shape index (κ2) is 22.1. The number of halogens is 1. The summed E-state index contributed by atoms with van der Waals surface area (Å²) in [5.41, 5.74) is 18.2. The fraction of sp³-hybridized carbons (Fsp3) is 0.425. The van der Waals surface area contributed by atoms with Crippen molar-refractivity contribution in [2.45, 2.75) is 89.5 Å². The van der Waals surface area contributed by atoms with Crippen molar-refractivity contribution in [3.8, 4) is 0 Å². The molecule has 0 spiro atoms. The lowest BCUT2D eigenvalue weighted by atomic mass is 10.0. The van der Waals surface area contributed by atoms with Crippen LogP contribution in [0.5, 0.6) is 0 Å². The molecule has 2 aromatic carbocycles. The summed E-state index contributed by atoms with van der Waals surface area (Å²) in [4.78, 5) is 114. The average Bonchev–Trinajstić information content (AvgIpc) is 3.58. The van der Waals surface area contributed by atoms with Crippen LogP contribution in [0.2, 0.25) is 5.02 Å². The summed E-state index contributed by atoms with van der Waals surface area (Å²) < 4.78 is 0. The molecule has 0 saturated heterocycles. The SMILES string of the molecule is CCCC[C@H](NC(C)=O)C(=O)N[C@@H](C)C(=O)NCC1C(=O)Nc2cc(Cl)ccc2C(=O)N1CC(=O)N[C@@H](CCCN=C(N)N)C(=O)N[C@@H](Cc1c[nH]c2ccccc12)C(N)=O. The minimum atomic E-state index is -1.49. The number of rotatable bonds is 21. The summed E-state index contributed by atoms with van der Waals surface area (Å²) in [6, 6.07) is 5.53. The number of benzene rings is 2. The first-order valence-corrected chi connectivity index (χ1v) is 20.1. The van der Waals surface area contributed by atoms with Gasteiger partial charge in [0.15, 0.2) is 5.96 Å². The highest BCUT2D eigenvalue weighted by molar-refractivity contribution is 6.31. The summed E-state index contributed by atoms with van der Waals surface area (Å²) in [7, 11) is 0. The number of hydrogen-bond acceptors (Lipinski definition) is 9. The molecule has 0 saturated carbocycles.